The number of ketones is 1. The number of rotatable bonds is 7. The zero-order chi connectivity index (χ0) is 24.2. The maximum absolute atomic E-state index is 13.5. The molecule has 0 bridgehead atoms. The minimum absolute atomic E-state index is 0.192. The standard InChI is InChI=1S/C25H18N2O7/c1-33-24(29)16-11-17(13-18(12-16)27(31)32)25(30)34-23(15-7-3-2-4-8-15)22(28)20-14-26-21-10-6-5-9-19(20)21/h2-14,23,26H,1H3. The Morgan fingerprint density at radius 1 is 0.912 bits per heavy atom. The summed E-state index contributed by atoms with van der Waals surface area (Å²) in [6, 6.07) is 18.7. The maximum atomic E-state index is 13.5. The number of nitro groups is 1. The van der Waals surface area contributed by atoms with Gasteiger partial charge in [0, 0.05) is 40.4 Å². The monoisotopic (exact) mass is 458 g/mol. The van der Waals surface area contributed by atoms with Crippen LogP contribution in [0.25, 0.3) is 10.9 Å². The van der Waals surface area contributed by atoms with Crippen molar-refractivity contribution in [3.63, 3.8) is 0 Å². The highest BCUT2D eigenvalue weighted by atomic mass is 16.6. The van der Waals surface area contributed by atoms with Gasteiger partial charge in [0.15, 0.2) is 6.10 Å². The molecule has 4 aromatic rings. The molecule has 1 N–H and O–H groups in total. The van der Waals surface area contributed by atoms with Crippen molar-refractivity contribution in [3.8, 4) is 0 Å². The molecular weight excluding hydrogens is 440 g/mol. The zero-order valence-corrected chi connectivity index (χ0v) is 17.9. The minimum Gasteiger partial charge on any atom is -0.465 e. The number of aromatic amines is 1. The summed E-state index contributed by atoms with van der Waals surface area (Å²) in [7, 11) is 1.12. The van der Waals surface area contributed by atoms with Gasteiger partial charge in [-0.2, -0.15) is 0 Å². The molecule has 1 atom stereocenters. The molecule has 0 aliphatic rings. The van der Waals surface area contributed by atoms with Crippen molar-refractivity contribution < 1.29 is 28.8 Å². The number of methoxy groups -OCH3 is 1. The molecule has 3 aromatic carbocycles. The van der Waals surface area contributed by atoms with E-state index < -0.39 is 34.4 Å². The van der Waals surface area contributed by atoms with Crippen LogP contribution in [0.5, 0.6) is 0 Å². The third-order valence-electron chi connectivity index (χ3n) is 5.21. The average Bonchev–Trinajstić information content (AvgIpc) is 3.30. The van der Waals surface area contributed by atoms with Crippen LogP contribution in [0.2, 0.25) is 0 Å². The molecule has 0 aliphatic carbocycles. The third-order valence-corrected chi connectivity index (χ3v) is 5.21. The van der Waals surface area contributed by atoms with E-state index in [2.05, 4.69) is 9.72 Å². The number of para-hydroxylation sites is 1. The number of hydrogen-bond acceptors (Lipinski definition) is 7. The van der Waals surface area contributed by atoms with Crippen LogP contribution in [0.3, 0.4) is 0 Å². The van der Waals surface area contributed by atoms with Gasteiger partial charge < -0.3 is 14.5 Å². The first-order chi connectivity index (χ1) is 16.4. The Morgan fingerprint density at radius 2 is 1.56 bits per heavy atom. The Hall–Kier alpha value is -4.79. The van der Waals surface area contributed by atoms with E-state index in [9.17, 15) is 24.5 Å². The predicted octanol–water partition coefficient (Wildman–Crippen LogP) is 4.64. The highest BCUT2D eigenvalue weighted by Gasteiger charge is 2.29. The molecule has 0 saturated carbocycles. The quantitative estimate of drug-likeness (QED) is 0.185. The number of fused-ring (bicyclic) bond motifs is 1. The van der Waals surface area contributed by atoms with Crippen molar-refractivity contribution in [3.05, 3.63) is 111 Å². The molecule has 9 nitrogen and oxygen atoms in total. The molecular formula is C25H18N2O7. The molecule has 0 spiro atoms. The van der Waals surface area contributed by atoms with Crippen molar-refractivity contribution in [2.45, 2.75) is 6.10 Å². The molecule has 9 heteroatoms. The highest BCUT2D eigenvalue weighted by molar-refractivity contribution is 6.11. The Kier molecular flexibility index (Phi) is 6.18. The fraction of sp³-hybridized carbons (Fsp3) is 0.0800. The molecule has 170 valence electrons. The number of Topliss-reactive ketones (excluding diaryl/α,β-unsaturated/α-hetero) is 1. The Morgan fingerprint density at radius 3 is 2.24 bits per heavy atom. The predicted molar refractivity (Wildman–Crippen MR) is 122 cm³/mol. The lowest BCUT2D eigenvalue weighted by Gasteiger charge is -2.17. The first-order valence-electron chi connectivity index (χ1n) is 10.1. The Balaban J connectivity index is 1.74. The van der Waals surface area contributed by atoms with Gasteiger partial charge in [0.1, 0.15) is 0 Å². The van der Waals surface area contributed by atoms with Gasteiger partial charge in [-0.15, -0.1) is 0 Å². The van der Waals surface area contributed by atoms with Crippen LogP contribution < -0.4 is 0 Å². The number of nitro benzene ring substituents is 1. The summed E-state index contributed by atoms with van der Waals surface area (Å²) in [5.74, 6) is -2.33. The summed E-state index contributed by atoms with van der Waals surface area (Å²) < 4.78 is 10.2. The molecule has 1 unspecified atom stereocenters. The minimum atomic E-state index is -1.33. The molecule has 0 saturated heterocycles. The summed E-state index contributed by atoms with van der Waals surface area (Å²) in [6.45, 7) is 0. The van der Waals surface area contributed by atoms with E-state index >= 15 is 0 Å². The van der Waals surface area contributed by atoms with Gasteiger partial charge in [-0.3, -0.25) is 14.9 Å². The van der Waals surface area contributed by atoms with Gasteiger partial charge in [-0.1, -0.05) is 48.5 Å². The molecule has 1 aromatic heterocycles. The number of esters is 2. The largest absolute Gasteiger partial charge is 0.465 e. The lowest BCUT2D eigenvalue weighted by Crippen LogP contribution is -2.20. The van der Waals surface area contributed by atoms with Gasteiger partial charge in [0.25, 0.3) is 5.69 Å². The van der Waals surface area contributed by atoms with Crippen LogP contribution >= 0.6 is 0 Å². The van der Waals surface area contributed by atoms with Gasteiger partial charge >= 0.3 is 11.9 Å². The topological polar surface area (TPSA) is 129 Å². The van der Waals surface area contributed by atoms with Gasteiger partial charge in [0.05, 0.1) is 23.2 Å². The van der Waals surface area contributed by atoms with E-state index in [1.54, 1.807) is 48.7 Å². The molecule has 0 radical (unpaired) electrons. The van der Waals surface area contributed by atoms with E-state index in [1.165, 1.54) is 0 Å². The van der Waals surface area contributed by atoms with Crippen LogP contribution in [-0.4, -0.2) is 34.7 Å². The van der Waals surface area contributed by atoms with Crippen molar-refractivity contribution in [1.29, 1.82) is 0 Å². The summed E-state index contributed by atoms with van der Waals surface area (Å²) in [5, 5.41) is 12.0. The Labute approximate surface area is 193 Å². The number of ether oxygens (including phenoxy) is 2. The second kappa shape index (κ2) is 9.37. The van der Waals surface area contributed by atoms with Crippen LogP contribution in [0.4, 0.5) is 5.69 Å². The van der Waals surface area contributed by atoms with Crippen LogP contribution in [0, 0.1) is 10.1 Å². The first kappa shape index (κ1) is 22.4. The number of carbonyl (C=O) groups excluding carboxylic acids is 3. The van der Waals surface area contributed by atoms with Crippen molar-refractivity contribution in [1.82, 2.24) is 4.98 Å². The average molecular weight is 458 g/mol. The summed E-state index contributed by atoms with van der Waals surface area (Å²) in [6.07, 6.45) is 0.216. The molecule has 0 fully saturated rings. The van der Waals surface area contributed by atoms with E-state index in [1.807, 2.05) is 12.1 Å². The second-order valence-corrected chi connectivity index (χ2v) is 7.33. The summed E-state index contributed by atoms with van der Waals surface area (Å²) >= 11 is 0. The summed E-state index contributed by atoms with van der Waals surface area (Å²) in [5.41, 5.74) is 0.542. The number of benzene rings is 3. The number of nitrogens with zero attached hydrogens (tertiary/aromatic N) is 1. The molecule has 4 rings (SSSR count). The van der Waals surface area contributed by atoms with Crippen molar-refractivity contribution >= 4 is 34.3 Å². The molecule has 0 amide bonds. The lowest BCUT2D eigenvalue weighted by atomic mass is 9.99. The maximum Gasteiger partial charge on any atom is 0.339 e. The van der Waals surface area contributed by atoms with E-state index in [-0.39, 0.29) is 11.1 Å². The SMILES string of the molecule is COC(=O)c1cc(C(=O)OC(C(=O)c2c[nH]c3ccccc23)c2ccccc2)cc([N+](=O)[O-])c1. The number of carbonyl (C=O) groups is 3. The van der Waals surface area contributed by atoms with Gasteiger partial charge in [-0.05, 0) is 12.1 Å². The zero-order valence-electron chi connectivity index (χ0n) is 17.9. The van der Waals surface area contributed by atoms with Crippen molar-refractivity contribution in [2.75, 3.05) is 7.11 Å². The molecule has 1 heterocycles. The first-order valence-corrected chi connectivity index (χ1v) is 10.1. The number of nitrogens with one attached hydrogen (secondary N) is 1. The summed E-state index contributed by atoms with van der Waals surface area (Å²) in [4.78, 5) is 52.1. The second-order valence-electron chi connectivity index (χ2n) is 7.33. The van der Waals surface area contributed by atoms with Crippen LogP contribution in [-0.2, 0) is 9.47 Å². The number of hydrogen-bond donors (Lipinski definition) is 1. The van der Waals surface area contributed by atoms with Crippen LogP contribution in [0.15, 0.2) is 79.0 Å². The van der Waals surface area contributed by atoms with Gasteiger partial charge in [-0.25, -0.2) is 9.59 Å². The molecule has 34 heavy (non-hydrogen) atoms. The fourth-order valence-electron chi connectivity index (χ4n) is 3.56. The lowest BCUT2D eigenvalue weighted by molar-refractivity contribution is -0.384. The number of H-pyrrole nitrogens is 1. The smallest absolute Gasteiger partial charge is 0.339 e. The van der Waals surface area contributed by atoms with Gasteiger partial charge in [0.2, 0.25) is 5.78 Å². The van der Waals surface area contributed by atoms with E-state index in [0.29, 0.717) is 16.5 Å². The number of non-ortho nitro benzene ring substituents is 1. The fourth-order valence-corrected chi connectivity index (χ4v) is 3.56. The normalized spacial score (nSPS) is 11.6. The van der Waals surface area contributed by atoms with Crippen LogP contribution in [0.1, 0.15) is 42.7 Å². The number of aromatic nitrogens is 1. The highest BCUT2D eigenvalue weighted by Crippen LogP contribution is 2.29. The van der Waals surface area contributed by atoms with E-state index in [0.717, 1.165) is 30.8 Å². The Bertz CT molecular complexity index is 1410. The third kappa shape index (κ3) is 4.40. The van der Waals surface area contributed by atoms with Crippen molar-refractivity contribution in [2.24, 2.45) is 0 Å². The molecule has 0 aliphatic heterocycles. The van der Waals surface area contributed by atoms with E-state index in [4.69, 9.17) is 4.74 Å².